The van der Waals surface area contributed by atoms with Crippen molar-refractivity contribution >= 4 is 16.5 Å². The summed E-state index contributed by atoms with van der Waals surface area (Å²) in [6.07, 6.45) is 4.94. The number of nitrogens with zero attached hydrogens (tertiary/aromatic N) is 5. The molecule has 6 heteroatoms. The van der Waals surface area contributed by atoms with Crippen LogP contribution in [0.25, 0.3) is 0 Å². The fourth-order valence-electron chi connectivity index (χ4n) is 1.89. The van der Waals surface area contributed by atoms with Gasteiger partial charge in [-0.3, -0.25) is 0 Å². The van der Waals surface area contributed by atoms with Gasteiger partial charge in [0.1, 0.15) is 10.8 Å². The molecule has 2 rings (SSSR count). The van der Waals surface area contributed by atoms with Crippen molar-refractivity contribution in [1.82, 2.24) is 19.7 Å². The number of hydrogen-bond acceptors (Lipinski definition) is 5. The summed E-state index contributed by atoms with van der Waals surface area (Å²) in [5, 5.41) is 10.7. The van der Waals surface area contributed by atoms with Crippen LogP contribution < -0.4 is 4.90 Å². The van der Waals surface area contributed by atoms with Crippen molar-refractivity contribution < 1.29 is 0 Å². The average molecular weight is 293 g/mol. The Morgan fingerprint density at radius 2 is 2.05 bits per heavy atom. The minimum Gasteiger partial charge on any atom is -0.350 e. The molecule has 5 nitrogen and oxygen atoms in total. The largest absolute Gasteiger partial charge is 0.350 e. The summed E-state index contributed by atoms with van der Waals surface area (Å²) < 4.78 is 2.18. The molecule has 0 saturated heterocycles. The molecule has 0 N–H and O–H groups in total. The van der Waals surface area contributed by atoms with Gasteiger partial charge in [-0.2, -0.15) is 0 Å². The third kappa shape index (κ3) is 3.56. The van der Waals surface area contributed by atoms with E-state index in [1.54, 1.807) is 11.3 Å². The lowest BCUT2D eigenvalue weighted by Crippen LogP contribution is -2.19. The molecule has 0 saturated carbocycles. The zero-order valence-corrected chi connectivity index (χ0v) is 13.7. The van der Waals surface area contributed by atoms with Gasteiger partial charge in [-0.15, -0.1) is 10.2 Å². The van der Waals surface area contributed by atoms with Crippen LogP contribution >= 0.6 is 11.3 Å². The van der Waals surface area contributed by atoms with Crippen LogP contribution in [0, 0.1) is 6.92 Å². The second-order valence-electron chi connectivity index (χ2n) is 6.08. The first-order valence-electron chi connectivity index (χ1n) is 6.91. The van der Waals surface area contributed by atoms with Crippen LogP contribution in [0.5, 0.6) is 0 Å². The standard InChI is InChI=1S/C14H23N5S/c1-11-15-7-10-19(11)9-6-8-18(5)13-17-16-12(20-13)14(2,3)4/h7,10H,6,8-9H2,1-5H3. The number of anilines is 1. The Morgan fingerprint density at radius 1 is 1.30 bits per heavy atom. The van der Waals surface area contributed by atoms with Crippen molar-refractivity contribution in [3.05, 3.63) is 23.2 Å². The maximum absolute atomic E-state index is 4.29. The molecule has 0 amide bonds. The molecule has 0 aromatic carbocycles. The molecule has 2 aromatic heterocycles. The number of aryl methyl sites for hydroxylation is 2. The van der Waals surface area contributed by atoms with Gasteiger partial charge >= 0.3 is 0 Å². The lowest BCUT2D eigenvalue weighted by atomic mass is 9.98. The molecule has 0 radical (unpaired) electrons. The molecule has 20 heavy (non-hydrogen) atoms. The Kier molecular flexibility index (Phi) is 4.42. The van der Waals surface area contributed by atoms with E-state index >= 15 is 0 Å². The topological polar surface area (TPSA) is 46.8 Å². The van der Waals surface area contributed by atoms with Crippen molar-refractivity contribution in [2.75, 3.05) is 18.5 Å². The predicted molar refractivity (Wildman–Crippen MR) is 83.5 cm³/mol. The lowest BCUT2D eigenvalue weighted by Gasteiger charge is -2.16. The molecular weight excluding hydrogens is 270 g/mol. The Labute approximate surface area is 124 Å². The van der Waals surface area contributed by atoms with Gasteiger partial charge in [0.05, 0.1) is 0 Å². The van der Waals surface area contributed by atoms with E-state index in [9.17, 15) is 0 Å². The molecular formula is C14H23N5S. The summed E-state index contributed by atoms with van der Waals surface area (Å²) >= 11 is 1.68. The fourth-order valence-corrected chi connectivity index (χ4v) is 2.78. The molecule has 2 heterocycles. The van der Waals surface area contributed by atoms with Crippen molar-refractivity contribution in [1.29, 1.82) is 0 Å². The Bertz CT molecular complexity index is 552. The molecule has 0 fully saturated rings. The summed E-state index contributed by atoms with van der Waals surface area (Å²) in [5.74, 6) is 1.07. The third-order valence-electron chi connectivity index (χ3n) is 3.20. The Hall–Kier alpha value is -1.43. The van der Waals surface area contributed by atoms with Gasteiger partial charge in [-0.05, 0) is 13.3 Å². The Balaban J connectivity index is 1.87. The van der Waals surface area contributed by atoms with Crippen LogP contribution in [-0.2, 0) is 12.0 Å². The van der Waals surface area contributed by atoms with E-state index in [-0.39, 0.29) is 5.41 Å². The van der Waals surface area contributed by atoms with Gasteiger partial charge in [-0.1, -0.05) is 32.1 Å². The number of aromatic nitrogens is 4. The molecule has 0 aliphatic rings. The summed E-state index contributed by atoms with van der Waals surface area (Å²) in [6, 6.07) is 0. The SMILES string of the molecule is Cc1nccn1CCCN(C)c1nnc(C(C)(C)C)s1. The van der Waals surface area contributed by atoms with Crippen molar-refractivity contribution in [3.63, 3.8) is 0 Å². The quantitative estimate of drug-likeness (QED) is 0.850. The summed E-state index contributed by atoms with van der Waals surface area (Å²) in [4.78, 5) is 6.41. The van der Waals surface area contributed by atoms with Gasteiger partial charge in [0, 0.05) is 37.9 Å². The van der Waals surface area contributed by atoms with Gasteiger partial charge < -0.3 is 9.47 Å². The molecule has 2 aromatic rings. The number of imidazole rings is 1. The van der Waals surface area contributed by atoms with Crippen molar-refractivity contribution in [3.8, 4) is 0 Å². The maximum Gasteiger partial charge on any atom is 0.208 e. The zero-order chi connectivity index (χ0) is 14.8. The van der Waals surface area contributed by atoms with E-state index in [0.29, 0.717) is 0 Å². The smallest absolute Gasteiger partial charge is 0.208 e. The van der Waals surface area contributed by atoms with Crippen molar-refractivity contribution in [2.45, 2.75) is 46.1 Å². The second kappa shape index (κ2) is 5.91. The molecule has 110 valence electrons. The Morgan fingerprint density at radius 3 is 2.60 bits per heavy atom. The third-order valence-corrected chi connectivity index (χ3v) is 4.66. The van der Waals surface area contributed by atoms with E-state index in [1.165, 1.54) is 0 Å². The fraction of sp³-hybridized carbons (Fsp3) is 0.643. The lowest BCUT2D eigenvalue weighted by molar-refractivity contribution is 0.578. The molecule has 0 aliphatic carbocycles. The van der Waals surface area contributed by atoms with Crippen LogP contribution in [-0.4, -0.2) is 33.3 Å². The minimum atomic E-state index is 0.0741. The van der Waals surface area contributed by atoms with Gasteiger partial charge in [0.2, 0.25) is 5.13 Å². The highest BCUT2D eigenvalue weighted by Gasteiger charge is 2.20. The highest BCUT2D eigenvalue weighted by Crippen LogP contribution is 2.29. The van der Waals surface area contributed by atoms with Crippen LogP contribution in [0.2, 0.25) is 0 Å². The first-order valence-corrected chi connectivity index (χ1v) is 7.72. The molecule has 0 spiro atoms. The first kappa shape index (κ1) is 15.0. The van der Waals surface area contributed by atoms with Crippen LogP contribution in [0.3, 0.4) is 0 Å². The normalized spacial score (nSPS) is 11.8. The highest BCUT2D eigenvalue weighted by atomic mass is 32.1. The molecule has 0 atom stereocenters. The van der Waals surface area contributed by atoms with E-state index in [2.05, 4.69) is 52.5 Å². The van der Waals surface area contributed by atoms with E-state index < -0.39 is 0 Å². The highest BCUT2D eigenvalue weighted by molar-refractivity contribution is 7.15. The average Bonchev–Trinajstić information content (AvgIpc) is 2.98. The van der Waals surface area contributed by atoms with E-state index in [1.807, 2.05) is 19.3 Å². The number of rotatable bonds is 5. The molecule has 0 aliphatic heterocycles. The van der Waals surface area contributed by atoms with Gasteiger partial charge in [0.15, 0.2) is 0 Å². The molecule has 0 unspecified atom stereocenters. The van der Waals surface area contributed by atoms with Crippen molar-refractivity contribution in [2.24, 2.45) is 0 Å². The van der Waals surface area contributed by atoms with Crippen LogP contribution in [0.4, 0.5) is 5.13 Å². The van der Waals surface area contributed by atoms with Gasteiger partial charge in [-0.25, -0.2) is 4.98 Å². The zero-order valence-electron chi connectivity index (χ0n) is 12.9. The van der Waals surface area contributed by atoms with Gasteiger partial charge in [0.25, 0.3) is 0 Å². The van der Waals surface area contributed by atoms with Crippen LogP contribution in [0.15, 0.2) is 12.4 Å². The maximum atomic E-state index is 4.29. The minimum absolute atomic E-state index is 0.0741. The second-order valence-corrected chi connectivity index (χ2v) is 7.04. The molecule has 0 bridgehead atoms. The first-order chi connectivity index (χ1) is 9.38. The number of hydrogen-bond donors (Lipinski definition) is 0. The predicted octanol–water partition coefficient (Wildman–Crippen LogP) is 2.87. The monoisotopic (exact) mass is 293 g/mol. The summed E-state index contributed by atoms with van der Waals surface area (Å²) in [7, 11) is 2.08. The van der Waals surface area contributed by atoms with Crippen LogP contribution in [0.1, 0.15) is 38.0 Å². The van der Waals surface area contributed by atoms with E-state index in [4.69, 9.17) is 0 Å². The van der Waals surface area contributed by atoms with E-state index in [0.717, 1.165) is 35.5 Å². The summed E-state index contributed by atoms with van der Waals surface area (Å²) in [6.45, 7) is 10.5. The summed E-state index contributed by atoms with van der Waals surface area (Å²) in [5.41, 5.74) is 0.0741.